The van der Waals surface area contributed by atoms with Gasteiger partial charge in [0, 0.05) is 20.1 Å². The summed E-state index contributed by atoms with van der Waals surface area (Å²) in [5.74, 6) is 0.469. The van der Waals surface area contributed by atoms with Gasteiger partial charge >= 0.3 is 5.97 Å². The van der Waals surface area contributed by atoms with E-state index < -0.39 is 6.10 Å². The highest BCUT2D eigenvalue weighted by Gasteiger charge is 2.27. The number of hydrogen-bond acceptors (Lipinski definition) is 5. The van der Waals surface area contributed by atoms with Crippen molar-refractivity contribution in [3.05, 3.63) is 125 Å². The van der Waals surface area contributed by atoms with E-state index in [4.69, 9.17) is 14.2 Å². The summed E-state index contributed by atoms with van der Waals surface area (Å²) in [5.41, 5.74) is 9.05. The standard InChI is InChI=1S/C36H39NO4/c1-4-40-36(38)34(39-3)24-26-14-20-31(21-15-26)41-23-22-37(2)35-32-13-9-8-12-28(32)16-17-29-18-19-30(25-33(29)35)27-10-6-5-7-11-27/h5-15,18-21,25,34-35H,4,16-17,22-24H2,1-3H3. The van der Waals surface area contributed by atoms with Crippen molar-refractivity contribution in [2.45, 2.75) is 38.3 Å². The summed E-state index contributed by atoms with van der Waals surface area (Å²) in [6.45, 7) is 3.46. The van der Waals surface area contributed by atoms with Crippen molar-refractivity contribution in [3.8, 4) is 16.9 Å². The molecule has 0 spiro atoms. The van der Waals surface area contributed by atoms with Gasteiger partial charge in [-0.15, -0.1) is 0 Å². The first-order valence-corrected chi connectivity index (χ1v) is 14.4. The monoisotopic (exact) mass is 549 g/mol. The molecule has 0 N–H and O–H groups in total. The number of nitrogens with zero attached hydrogens (tertiary/aromatic N) is 1. The van der Waals surface area contributed by atoms with Crippen LogP contribution in [0.4, 0.5) is 0 Å². The normalized spacial score (nSPS) is 15.0. The maximum atomic E-state index is 12.1. The fraction of sp³-hybridized carbons (Fsp3) is 0.306. The Kier molecular flexibility index (Phi) is 9.50. The summed E-state index contributed by atoms with van der Waals surface area (Å²) in [6, 6.07) is 34.4. The molecule has 0 saturated carbocycles. The van der Waals surface area contributed by atoms with Gasteiger partial charge in [-0.1, -0.05) is 78.9 Å². The summed E-state index contributed by atoms with van der Waals surface area (Å²) in [6.07, 6.45) is 1.93. The number of esters is 1. The number of aryl methyl sites for hydroxylation is 2. The van der Waals surface area contributed by atoms with Crippen molar-refractivity contribution in [3.63, 3.8) is 0 Å². The summed E-state index contributed by atoms with van der Waals surface area (Å²) in [5, 5.41) is 0. The Labute approximate surface area is 243 Å². The van der Waals surface area contributed by atoms with Crippen molar-refractivity contribution >= 4 is 5.97 Å². The Balaban J connectivity index is 1.30. The van der Waals surface area contributed by atoms with Crippen molar-refractivity contribution in [1.29, 1.82) is 0 Å². The molecule has 5 heteroatoms. The van der Waals surface area contributed by atoms with Crippen LogP contribution in [0.1, 0.15) is 40.8 Å². The van der Waals surface area contributed by atoms with Crippen LogP contribution in [0.15, 0.2) is 97.1 Å². The number of fused-ring (bicyclic) bond motifs is 2. The average molecular weight is 550 g/mol. The van der Waals surface area contributed by atoms with Crippen LogP contribution >= 0.6 is 0 Å². The number of likely N-dealkylation sites (N-methyl/N-ethyl adjacent to an activating group) is 1. The minimum atomic E-state index is -0.608. The quantitative estimate of drug-likeness (QED) is 0.196. The Hall–Kier alpha value is -3.93. The van der Waals surface area contributed by atoms with Gasteiger partial charge in [-0.05, 0) is 84.0 Å². The molecule has 0 fully saturated rings. The van der Waals surface area contributed by atoms with E-state index in [2.05, 4.69) is 84.7 Å². The Bertz CT molecular complexity index is 1430. The fourth-order valence-electron chi connectivity index (χ4n) is 5.70. The van der Waals surface area contributed by atoms with E-state index in [-0.39, 0.29) is 12.0 Å². The highest BCUT2D eigenvalue weighted by atomic mass is 16.6. The van der Waals surface area contributed by atoms with Gasteiger partial charge in [0.25, 0.3) is 0 Å². The molecule has 1 aliphatic rings. The molecule has 0 heterocycles. The minimum absolute atomic E-state index is 0.146. The van der Waals surface area contributed by atoms with Gasteiger partial charge in [0.1, 0.15) is 12.4 Å². The third-order valence-corrected chi connectivity index (χ3v) is 7.89. The van der Waals surface area contributed by atoms with E-state index in [1.165, 1.54) is 40.5 Å². The molecule has 0 radical (unpaired) electrons. The molecule has 212 valence electrons. The first-order chi connectivity index (χ1) is 20.1. The van der Waals surface area contributed by atoms with Gasteiger partial charge in [-0.3, -0.25) is 4.90 Å². The summed E-state index contributed by atoms with van der Waals surface area (Å²) < 4.78 is 16.6. The second kappa shape index (κ2) is 13.6. The van der Waals surface area contributed by atoms with E-state index in [0.29, 0.717) is 19.6 Å². The lowest BCUT2D eigenvalue weighted by Crippen LogP contribution is -2.30. The molecule has 41 heavy (non-hydrogen) atoms. The molecule has 2 unspecified atom stereocenters. The van der Waals surface area contributed by atoms with Crippen LogP contribution in [0.25, 0.3) is 11.1 Å². The number of carbonyl (C=O) groups is 1. The first-order valence-electron chi connectivity index (χ1n) is 14.4. The molecular weight excluding hydrogens is 510 g/mol. The van der Waals surface area contributed by atoms with Crippen molar-refractivity contribution in [2.24, 2.45) is 0 Å². The van der Waals surface area contributed by atoms with Crippen LogP contribution in [-0.4, -0.2) is 50.9 Å². The second-order valence-corrected chi connectivity index (χ2v) is 10.5. The van der Waals surface area contributed by atoms with E-state index in [9.17, 15) is 4.79 Å². The molecule has 4 aromatic carbocycles. The van der Waals surface area contributed by atoms with Crippen LogP contribution in [-0.2, 0) is 33.5 Å². The van der Waals surface area contributed by atoms with Crippen molar-refractivity contribution in [1.82, 2.24) is 4.90 Å². The third-order valence-electron chi connectivity index (χ3n) is 7.89. The lowest BCUT2D eigenvalue weighted by molar-refractivity contribution is -0.154. The van der Waals surface area contributed by atoms with Gasteiger partial charge in [-0.2, -0.15) is 0 Å². The lowest BCUT2D eigenvalue weighted by atomic mass is 9.91. The first kappa shape index (κ1) is 28.6. The summed E-state index contributed by atoms with van der Waals surface area (Å²) in [4.78, 5) is 14.5. The molecule has 0 aliphatic heterocycles. The molecule has 2 atom stereocenters. The zero-order valence-electron chi connectivity index (χ0n) is 24.2. The summed E-state index contributed by atoms with van der Waals surface area (Å²) >= 11 is 0. The fourth-order valence-corrected chi connectivity index (χ4v) is 5.70. The average Bonchev–Trinajstić information content (AvgIpc) is 3.17. The summed E-state index contributed by atoms with van der Waals surface area (Å²) in [7, 11) is 3.72. The van der Waals surface area contributed by atoms with Crippen LogP contribution < -0.4 is 4.74 Å². The van der Waals surface area contributed by atoms with Crippen LogP contribution in [0.5, 0.6) is 5.75 Å². The topological polar surface area (TPSA) is 48.0 Å². The van der Waals surface area contributed by atoms with Crippen LogP contribution in [0.2, 0.25) is 0 Å². The number of benzene rings is 4. The largest absolute Gasteiger partial charge is 0.492 e. The van der Waals surface area contributed by atoms with E-state index in [0.717, 1.165) is 30.7 Å². The molecule has 0 bridgehead atoms. The molecule has 0 amide bonds. The Morgan fingerprint density at radius 2 is 1.56 bits per heavy atom. The van der Waals surface area contributed by atoms with E-state index in [1.54, 1.807) is 6.92 Å². The molecule has 1 aliphatic carbocycles. The predicted molar refractivity (Wildman–Crippen MR) is 163 cm³/mol. The van der Waals surface area contributed by atoms with Gasteiger partial charge < -0.3 is 14.2 Å². The zero-order chi connectivity index (χ0) is 28.6. The highest BCUT2D eigenvalue weighted by molar-refractivity contribution is 5.75. The van der Waals surface area contributed by atoms with Gasteiger partial charge in [0.15, 0.2) is 6.10 Å². The van der Waals surface area contributed by atoms with Crippen LogP contribution in [0, 0.1) is 0 Å². The lowest BCUT2D eigenvalue weighted by Gasteiger charge is -2.30. The van der Waals surface area contributed by atoms with Crippen molar-refractivity contribution in [2.75, 3.05) is 33.9 Å². The number of ether oxygens (including phenoxy) is 3. The van der Waals surface area contributed by atoms with E-state index >= 15 is 0 Å². The third kappa shape index (κ3) is 6.87. The van der Waals surface area contributed by atoms with Gasteiger partial charge in [0.05, 0.1) is 12.6 Å². The second-order valence-electron chi connectivity index (χ2n) is 10.5. The Morgan fingerprint density at radius 3 is 2.29 bits per heavy atom. The number of hydrogen-bond donors (Lipinski definition) is 0. The molecule has 0 saturated heterocycles. The Morgan fingerprint density at radius 1 is 0.854 bits per heavy atom. The molecule has 5 rings (SSSR count). The number of rotatable bonds is 11. The maximum Gasteiger partial charge on any atom is 0.335 e. The zero-order valence-corrected chi connectivity index (χ0v) is 24.2. The van der Waals surface area contributed by atoms with Crippen LogP contribution in [0.3, 0.4) is 0 Å². The highest BCUT2D eigenvalue weighted by Crippen LogP contribution is 2.38. The number of carbonyl (C=O) groups excluding carboxylic acids is 1. The van der Waals surface area contributed by atoms with Gasteiger partial charge in [-0.25, -0.2) is 4.79 Å². The number of methoxy groups -OCH3 is 1. The maximum absolute atomic E-state index is 12.1. The van der Waals surface area contributed by atoms with Crippen molar-refractivity contribution < 1.29 is 19.0 Å². The van der Waals surface area contributed by atoms with Gasteiger partial charge in [0.2, 0.25) is 0 Å². The minimum Gasteiger partial charge on any atom is -0.492 e. The van der Waals surface area contributed by atoms with E-state index in [1.807, 2.05) is 24.3 Å². The predicted octanol–water partition coefficient (Wildman–Crippen LogP) is 6.67. The molecule has 5 nitrogen and oxygen atoms in total. The SMILES string of the molecule is CCOC(=O)C(Cc1ccc(OCCN(C)C2c3ccccc3CCc3ccc(-c4ccccc4)cc32)cc1)OC. The molecule has 0 aromatic heterocycles. The molecular formula is C36H39NO4. The smallest absolute Gasteiger partial charge is 0.335 e. The molecule has 4 aromatic rings.